The molecule has 0 fully saturated rings. The number of nitrogens with zero attached hydrogens (tertiary/aromatic N) is 1. The number of hydrogen-bond acceptors (Lipinski definition) is 7. The van der Waals surface area contributed by atoms with Crippen molar-refractivity contribution in [2.24, 2.45) is 0 Å². The van der Waals surface area contributed by atoms with E-state index in [1.54, 1.807) is 0 Å². The summed E-state index contributed by atoms with van der Waals surface area (Å²) in [5, 5.41) is 13.2. The first kappa shape index (κ1) is 23.4. The fourth-order valence-electron chi connectivity index (χ4n) is 2.85. The molecule has 0 saturated heterocycles. The van der Waals surface area contributed by atoms with E-state index in [9.17, 15) is 33.3 Å². The molecule has 0 aliphatic carbocycles. The van der Waals surface area contributed by atoms with Gasteiger partial charge in [-0.2, -0.15) is 0 Å². The second-order valence-electron chi connectivity index (χ2n) is 6.34. The summed E-state index contributed by atoms with van der Waals surface area (Å²) in [6, 6.07) is 5.97. The van der Waals surface area contributed by atoms with Crippen molar-refractivity contribution in [3.63, 3.8) is 0 Å². The predicted molar refractivity (Wildman–Crippen MR) is 102 cm³/mol. The lowest BCUT2D eigenvalue weighted by Crippen LogP contribution is -2.46. The highest BCUT2D eigenvalue weighted by atomic mass is 19.2. The van der Waals surface area contributed by atoms with E-state index in [2.05, 4.69) is 10.1 Å². The lowest BCUT2D eigenvalue weighted by molar-refractivity contribution is -0.384. The summed E-state index contributed by atoms with van der Waals surface area (Å²) >= 11 is 0. The fourth-order valence-corrected chi connectivity index (χ4v) is 2.85. The van der Waals surface area contributed by atoms with Crippen molar-refractivity contribution in [3.8, 4) is 0 Å². The highest BCUT2D eigenvalue weighted by molar-refractivity contribution is 5.97. The van der Waals surface area contributed by atoms with Gasteiger partial charge in [-0.1, -0.05) is 12.1 Å². The Morgan fingerprint density at radius 2 is 1.68 bits per heavy atom. The van der Waals surface area contributed by atoms with E-state index in [0.29, 0.717) is 11.6 Å². The zero-order valence-corrected chi connectivity index (χ0v) is 16.5. The minimum Gasteiger partial charge on any atom is -0.469 e. The molecule has 2 rings (SSSR count). The van der Waals surface area contributed by atoms with E-state index in [-0.39, 0.29) is 17.7 Å². The van der Waals surface area contributed by atoms with Crippen molar-refractivity contribution in [3.05, 3.63) is 75.3 Å². The van der Waals surface area contributed by atoms with Gasteiger partial charge in [-0.25, -0.2) is 13.6 Å². The topological polar surface area (TPSA) is 125 Å². The molecular formula is C20H18F2N2O7. The molecule has 0 aromatic heterocycles. The van der Waals surface area contributed by atoms with E-state index in [4.69, 9.17) is 4.74 Å². The smallest absolute Gasteiger partial charge is 0.329 e. The molecule has 1 amide bonds. The lowest BCUT2D eigenvalue weighted by atomic mass is 9.88. The predicted octanol–water partition coefficient (Wildman–Crippen LogP) is 2.49. The van der Waals surface area contributed by atoms with Crippen molar-refractivity contribution < 1.29 is 37.6 Å². The zero-order valence-electron chi connectivity index (χ0n) is 16.5. The van der Waals surface area contributed by atoms with Crippen molar-refractivity contribution in [1.29, 1.82) is 0 Å². The summed E-state index contributed by atoms with van der Waals surface area (Å²) in [7, 11) is 2.19. The molecule has 0 saturated carbocycles. The van der Waals surface area contributed by atoms with Crippen LogP contribution in [0.15, 0.2) is 42.5 Å². The molecule has 9 nitrogen and oxygen atoms in total. The van der Waals surface area contributed by atoms with Crippen LogP contribution in [0.5, 0.6) is 0 Å². The maximum atomic E-state index is 13.5. The van der Waals surface area contributed by atoms with Crippen LogP contribution in [0.25, 0.3) is 0 Å². The van der Waals surface area contributed by atoms with E-state index >= 15 is 0 Å². The Balaban J connectivity index is 2.43. The molecule has 0 bridgehead atoms. The van der Waals surface area contributed by atoms with Crippen LogP contribution in [0.4, 0.5) is 14.5 Å². The number of nitro groups is 1. The number of esters is 2. The van der Waals surface area contributed by atoms with Crippen molar-refractivity contribution in [2.45, 2.75) is 18.4 Å². The Bertz CT molecular complexity index is 996. The number of halogens is 2. The molecule has 1 N–H and O–H groups in total. The minimum absolute atomic E-state index is 0.221. The van der Waals surface area contributed by atoms with Crippen LogP contribution >= 0.6 is 0 Å². The summed E-state index contributed by atoms with van der Waals surface area (Å²) in [6.07, 6.45) is -0.383. The van der Waals surface area contributed by atoms with Crippen LogP contribution in [0.1, 0.15) is 28.3 Å². The van der Waals surface area contributed by atoms with Crippen LogP contribution in [-0.4, -0.2) is 43.0 Å². The number of nitrogens with one attached hydrogen (secondary N) is 1. The SMILES string of the molecule is COC(=O)C[C@@H](c1ccc([N+](=O)[O-])cc1)[C@@H](NC(=O)c1ccc(F)c(F)c1)C(=O)OC. The lowest BCUT2D eigenvalue weighted by Gasteiger charge is -2.26. The van der Waals surface area contributed by atoms with E-state index in [1.165, 1.54) is 24.3 Å². The van der Waals surface area contributed by atoms with Gasteiger partial charge in [0.25, 0.3) is 11.6 Å². The maximum absolute atomic E-state index is 13.5. The molecule has 0 radical (unpaired) electrons. The molecule has 0 aliphatic rings. The van der Waals surface area contributed by atoms with Gasteiger partial charge in [-0.3, -0.25) is 19.7 Å². The summed E-state index contributed by atoms with van der Waals surface area (Å²) in [5.41, 5.74) is -0.189. The van der Waals surface area contributed by atoms with E-state index in [0.717, 1.165) is 26.4 Å². The summed E-state index contributed by atoms with van der Waals surface area (Å²) in [5.74, 6) is -6.03. The first-order valence-electron chi connectivity index (χ1n) is 8.82. The molecule has 11 heteroatoms. The first-order chi connectivity index (χ1) is 14.7. The molecule has 2 atom stereocenters. The zero-order chi connectivity index (χ0) is 23.1. The van der Waals surface area contributed by atoms with Gasteiger partial charge in [0.2, 0.25) is 0 Å². The highest BCUT2D eigenvalue weighted by Crippen LogP contribution is 2.27. The summed E-state index contributed by atoms with van der Waals surface area (Å²) < 4.78 is 36.0. The van der Waals surface area contributed by atoms with Crippen molar-refractivity contribution in [2.75, 3.05) is 14.2 Å². The number of rotatable bonds is 8. The first-order valence-corrected chi connectivity index (χ1v) is 8.82. The number of non-ortho nitro benzene ring substituents is 1. The molecule has 0 spiro atoms. The number of carbonyl (C=O) groups excluding carboxylic acids is 3. The van der Waals surface area contributed by atoms with E-state index in [1.807, 2.05) is 0 Å². The normalized spacial score (nSPS) is 12.4. The van der Waals surface area contributed by atoms with Gasteiger partial charge >= 0.3 is 11.9 Å². The van der Waals surface area contributed by atoms with Gasteiger partial charge < -0.3 is 14.8 Å². The molecule has 31 heavy (non-hydrogen) atoms. The Morgan fingerprint density at radius 3 is 2.19 bits per heavy atom. The van der Waals surface area contributed by atoms with Crippen LogP contribution < -0.4 is 5.32 Å². The van der Waals surface area contributed by atoms with Gasteiger partial charge in [0.05, 0.1) is 25.6 Å². The second kappa shape index (κ2) is 10.2. The Kier molecular flexibility index (Phi) is 7.72. The third-order valence-electron chi connectivity index (χ3n) is 4.47. The number of nitro benzene ring substituents is 1. The Morgan fingerprint density at radius 1 is 1.03 bits per heavy atom. The van der Waals surface area contributed by atoms with Gasteiger partial charge in [0.15, 0.2) is 11.6 Å². The van der Waals surface area contributed by atoms with Crippen molar-refractivity contribution >= 4 is 23.5 Å². The molecule has 2 aromatic carbocycles. The molecular weight excluding hydrogens is 418 g/mol. The summed E-state index contributed by atoms with van der Waals surface area (Å²) in [6.45, 7) is 0. The highest BCUT2D eigenvalue weighted by Gasteiger charge is 2.34. The number of hydrogen-bond donors (Lipinski definition) is 1. The van der Waals surface area contributed by atoms with Gasteiger partial charge in [0.1, 0.15) is 6.04 Å². The van der Waals surface area contributed by atoms with E-state index < -0.39 is 46.4 Å². The molecule has 0 aliphatic heterocycles. The quantitative estimate of drug-likeness (QED) is 0.383. The van der Waals surface area contributed by atoms with Gasteiger partial charge in [0, 0.05) is 23.6 Å². The summed E-state index contributed by atoms with van der Waals surface area (Å²) in [4.78, 5) is 47.2. The number of carbonyl (C=O) groups is 3. The van der Waals surface area contributed by atoms with Crippen LogP contribution in [-0.2, 0) is 19.1 Å². The number of amides is 1. The van der Waals surface area contributed by atoms with Crippen molar-refractivity contribution in [1.82, 2.24) is 5.32 Å². The Hall–Kier alpha value is -3.89. The monoisotopic (exact) mass is 436 g/mol. The Labute approximate surface area is 175 Å². The average molecular weight is 436 g/mol. The number of methoxy groups -OCH3 is 2. The molecule has 164 valence electrons. The minimum atomic E-state index is -1.44. The van der Waals surface area contributed by atoms with Crippen LogP contribution in [0.3, 0.4) is 0 Å². The number of ether oxygens (including phenoxy) is 2. The fraction of sp³-hybridized carbons (Fsp3) is 0.250. The van der Waals surface area contributed by atoms with Gasteiger partial charge in [-0.05, 0) is 23.8 Å². The average Bonchev–Trinajstić information content (AvgIpc) is 2.77. The molecule has 0 unspecified atom stereocenters. The largest absolute Gasteiger partial charge is 0.469 e. The standard InChI is InChI=1S/C20H18F2N2O7/c1-30-17(25)10-14(11-3-6-13(7-4-11)24(28)29)18(20(27)31-2)23-19(26)12-5-8-15(21)16(22)9-12/h3-9,14,18H,10H2,1-2H3,(H,23,26)/t14-,18+/m0/s1. The number of benzene rings is 2. The molecule has 2 aromatic rings. The van der Waals surface area contributed by atoms with Gasteiger partial charge in [-0.15, -0.1) is 0 Å². The second-order valence-corrected chi connectivity index (χ2v) is 6.34. The molecule has 0 heterocycles. The third kappa shape index (κ3) is 5.81. The van der Waals surface area contributed by atoms with Crippen LogP contribution in [0, 0.1) is 21.7 Å². The van der Waals surface area contributed by atoms with Crippen LogP contribution in [0.2, 0.25) is 0 Å². The third-order valence-corrected chi connectivity index (χ3v) is 4.47. The maximum Gasteiger partial charge on any atom is 0.329 e.